The minimum Gasteiger partial charge on any atom is -0.172 e. The summed E-state index contributed by atoms with van der Waals surface area (Å²) in [6, 6.07) is 0. The quantitative estimate of drug-likeness (QED) is 0.295. The number of hydrogen-bond donors (Lipinski definition) is 3. The highest BCUT2D eigenvalue weighted by atomic mass is 27.0. The number of hydrogen-bond acceptors (Lipinski definition) is 3. The second kappa shape index (κ2) is 4100. The lowest BCUT2D eigenvalue weighted by atomic mass is 13.8. The van der Waals surface area contributed by atoms with Crippen molar-refractivity contribution in [3.05, 3.63) is 0 Å². The molecule has 0 bridgehead atoms. The van der Waals surface area contributed by atoms with Crippen molar-refractivity contribution in [2.75, 3.05) is 0 Å². The molecule has 0 aromatic rings. The fraction of sp³-hybridized carbons (Fsp3) is 0. The van der Waals surface area contributed by atoms with Gasteiger partial charge in [-0.15, -0.1) is 13.4 Å². The molecule has 0 rings (SSSR count). The van der Waals surface area contributed by atoms with Crippen LogP contribution < -0.4 is 17.9 Å². The van der Waals surface area contributed by atoms with E-state index in [9.17, 15) is 0 Å². The highest BCUT2D eigenvalue weighted by Crippen LogP contribution is 0.936. The molecule has 0 aromatic carbocycles. The van der Waals surface area contributed by atoms with E-state index in [4.69, 9.17) is 13.4 Å². The summed E-state index contributed by atoms with van der Waals surface area (Å²) in [5.41, 5.74) is 0. The highest BCUT2D eigenvalue weighted by Gasteiger charge is 0.848. The van der Waals surface area contributed by atoms with Crippen LogP contribution in [0, 0.1) is 0 Å². The molecule has 3 radical (unpaired) electrons. The van der Waals surface area contributed by atoms with Gasteiger partial charge in [-0.3, -0.25) is 0 Å². The van der Waals surface area contributed by atoms with Gasteiger partial charge in [0.2, 0.25) is 0 Å². The molecule has 0 unspecified atom stereocenters. The molecule has 0 fully saturated rings. The molecule has 0 saturated heterocycles. The van der Waals surface area contributed by atoms with Crippen molar-refractivity contribution in [3.63, 3.8) is 0 Å². The van der Waals surface area contributed by atoms with E-state index in [1.54, 1.807) is 0 Å². The molecule has 3 nitrogen and oxygen atoms in total. The van der Waals surface area contributed by atoms with Crippen LogP contribution in [0.25, 0.3) is 0 Å². The Kier molecular flexibility index (Phi) is 15800. The van der Waals surface area contributed by atoms with Gasteiger partial charge in [0.15, 0.2) is 0 Å². The largest absolute Gasteiger partial charge is 0.172 e. The molecular formula is H6AlF3N3. The zero-order valence-corrected chi connectivity index (χ0v) is 4.60. The SMILES string of the molecule is NF.NF.NF.[Al]. The first-order valence-electron chi connectivity index (χ1n) is 0.655. The third-order valence-corrected chi connectivity index (χ3v) is 0. The van der Waals surface area contributed by atoms with Gasteiger partial charge in [-0.05, 0) is 0 Å². The topological polar surface area (TPSA) is 78.1 Å². The van der Waals surface area contributed by atoms with Crippen molar-refractivity contribution < 1.29 is 13.4 Å². The summed E-state index contributed by atoms with van der Waals surface area (Å²) in [4.78, 5) is 0. The standard InChI is InChI=1S/Al.3FH2N/c;3*1-2/h;3*2H2. The van der Waals surface area contributed by atoms with Crippen LogP contribution in [0.2, 0.25) is 0 Å². The van der Waals surface area contributed by atoms with Crippen LogP contribution in [-0.4, -0.2) is 17.4 Å². The first kappa shape index (κ1) is 27.0. The average molecular weight is 132 g/mol. The van der Waals surface area contributed by atoms with Gasteiger partial charge in [0.1, 0.15) is 0 Å². The predicted molar refractivity (Wildman–Crippen MR) is 21.6 cm³/mol. The lowest BCUT2D eigenvalue weighted by molar-refractivity contribution is 0.530. The third-order valence-electron chi connectivity index (χ3n) is 0. The van der Waals surface area contributed by atoms with Gasteiger partial charge in [-0.1, -0.05) is 0 Å². The van der Waals surface area contributed by atoms with E-state index in [2.05, 4.69) is 17.9 Å². The zero-order valence-electron chi connectivity index (χ0n) is 3.44. The zero-order chi connectivity index (χ0) is 6.00. The summed E-state index contributed by atoms with van der Waals surface area (Å²) in [6.45, 7) is 0. The van der Waals surface area contributed by atoms with Gasteiger partial charge in [-0.25, -0.2) is 0 Å². The third kappa shape index (κ3) is 2670. The monoisotopic (exact) mass is 132 g/mol. The summed E-state index contributed by atoms with van der Waals surface area (Å²) in [5, 5.41) is 0. The molecule has 0 aliphatic heterocycles. The van der Waals surface area contributed by atoms with Crippen LogP contribution >= 0.6 is 0 Å². The molecule has 0 aromatic heterocycles. The van der Waals surface area contributed by atoms with E-state index in [-0.39, 0.29) is 17.4 Å². The Labute approximate surface area is 49.6 Å². The van der Waals surface area contributed by atoms with Crippen LogP contribution in [0.4, 0.5) is 13.4 Å². The first-order valence-corrected chi connectivity index (χ1v) is 0.655. The van der Waals surface area contributed by atoms with Gasteiger partial charge in [0, 0.05) is 17.4 Å². The maximum absolute atomic E-state index is 9.00. The number of nitrogens with two attached hydrogens (primary N) is 3. The Hall–Kier alpha value is 0.202. The Morgan fingerprint density at radius 2 is 0.571 bits per heavy atom. The normalized spacial score (nSPS) is 2.57. The first-order chi connectivity index (χ1) is 3.00. The van der Waals surface area contributed by atoms with Gasteiger partial charge in [0.25, 0.3) is 0 Å². The van der Waals surface area contributed by atoms with Crippen molar-refractivity contribution in [2.45, 2.75) is 0 Å². The molecule has 45 valence electrons. The van der Waals surface area contributed by atoms with Crippen LogP contribution in [-0.2, 0) is 0 Å². The van der Waals surface area contributed by atoms with Gasteiger partial charge in [0.05, 0.1) is 0 Å². The van der Waals surface area contributed by atoms with Crippen LogP contribution in [0.1, 0.15) is 0 Å². The van der Waals surface area contributed by atoms with Crippen molar-refractivity contribution in [3.8, 4) is 0 Å². The molecule has 0 aliphatic rings. The maximum atomic E-state index is 9.00. The fourth-order valence-corrected chi connectivity index (χ4v) is 0. The van der Waals surface area contributed by atoms with Crippen molar-refractivity contribution in [2.24, 2.45) is 17.9 Å². The minimum absolute atomic E-state index is 0. The summed E-state index contributed by atoms with van der Waals surface area (Å²) in [7, 11) is 0. The molecule has 7 heteroatoms. The van der Waals surface area contributed by atoms with Crippen molar-refractivity contribution >= 4 is 17.4 Å². The average Bonchev–Trinajstić information content (AvgIpc) is 1.81. The summed E-state index contributed by atoms with van der Waals surface area (Å²) in [5.74, 6) is 9.00. The van der Waals surface area contributed by atoms with Crippen molar-refractivity contribution in [1.29, 1.82) is 0 Å². The van der Waals surface area contributed by atoms with E-state index < -0.39 is 0 Å². The number of halogens is 3. The Balaban J connectivity index is -0.00000000900. The summed E-state index contributed by atoms with van der Waals surface area (Å²) >= 11 is 0. The molecule has 0 saturated carbocycles. The Morgan fingerprint density at radius 3 is 0.571 bits per heavy atom. The number of rotatable bonds is 0. The Morgan fingerprint density at radius 1 is 0.571 bits per heavy atom. The molecule has 0 amide bonds. The molecule has 7 heavy (non-hydrogen) atoms. The molecule has 0 spiro atoms. The highest BCUT2D eigenvalue weighted by molar-refractivity contribution is 5.75. The van der Waals surface area contributed by atoms with Crippen molar-refractivity contribution in [1.82, 2.24) is 0 Å². The van der Waals surface area contributed by atoms with Crippen LogP contribution in [0.3, 0.4) is 0 Å². The lowest BCUT2D eigenvalue weighted by Crippen LogP contribution is -1.53. The minimum atomic E-state index is 0. The molecule has 0 aliphatic carbocycles. The lowest BCUT2D eigenvalue weighted by Gasteiger charge is -1.16. The van der Waals surface area contributed by atoms with Gasteiger partial charge < -0.3 is 0 Å². The molecule has 6 N–H and O–H groups in total. The van der Waals surface area contributed by atoms with Gasteiger partial charge in [-0.2, -0.15) is 17.9 Å². The van der Waals surface area contributed by atoms with Gasteiger partial charge >= 0.3 is 0 Å². The molecule has 0 heterocycles. The Bertz CT molecular complexity index is 10.1. The van der Waals surface area contributed by atoms with E-state index >= 15 is 0 Å². The van der Waals surface area contributed by atoms with Crippen LogP contribution in [0.15, 0.2) is 0 Å². The maximum Gasteiger partial charge on any atom is 0 e. The fourth-order valence-electron chi connectivity index (χ4n) is 0. The van der Waals surface area contributed by atoms with E-state index in [0.29, 0.717) is 0 Å². The van der Waals surface area contributed by atoms with E-state index in [1.807, 2.05) is 0 Å². The summed E-state index contributed by atoms with van der Waals surface area (Å²) in [6.07, 6.45) is 0. The summed E-state index contributed by atoms with van der Waals surface area (Å²) < 4.78 is 27.0. The van der Waals surface area contributed by atoms with Crippen LogP contribution in [0.5, 0.6) is 0 Å². The second-order valence-corrected chi connectivity index (χ2v) is 0. The second-order valence-electron chi connectivity index (χ2n) is 0. The molecular weight excluding hydrogens is 126 g/mol. The smallest absolute Gasteiger partial charge is 0 e. The van der Waals surface area contributed by atoms with E-state index in [0.717, 1.165) is 0 Å². The molecule has 0 atom stereocenters. The predicted octanol–water partition coefficient (Wildman–Crippen LogP) is -0.892. The van der Waals surface area contributed by atoms with E-state index in [1.165, 1.54) is 0 Å².